The number of carbonyl (C=O) groups is 1. The van der Waals surface area contributed by atoms with Crippen molar-refractivity contribution in [1.82, 2.24) is 5.32 Å². The van der Waals surface area contributed by atoms with Crippen LogP contribution in [-0.4, -0.2) is 11.9 Å². The molecule has 0 saturated carbocycles. The third-order valence-electron chi connectivity index (χ3n) is 2.76. The zero-order valence-corrected chi connectivity index (χ0v) is 10.8. The molecule has 0 heterocycles. The van der Waals surface area contributed by atoms with E-state index in [0.717, 1.165) is 5.56 Å². The number of nitrogens with one attached hydrogen (secondary N) is 1. The smallest absolute Gasteiger partial charge is 0.230 e. The van der Waals surface area contributed by atoms with E-state index in [0.29, 0.717) is 0 Å². The molecule has 2 heteroatoms. The molecule has 1 N–H and O–H groups in total. The van der Waals surface area contributed by atoms with Crippen molar-refractivity contribution < 1.29 is 4.79 Å². The van der Waals surface area contributed by atoms with Gasteiger partial charge in [0.1, 0.15) is 0 Å². The van der Waals surface area contributed by atoms with Crippen LogP contribution in [0.4, 0.5) is 0 Å². The Labute approximate surface area is 98.1 Å². The Morgan fingerprint density at radius 3 is 2.12 bits per heavy atom. The molecule has 0 aromatic heterocycles. The Kier molecular flexibility index (Phi) is 3.74. The first kappa shape index (κ1) is 12.8. The van der Waals surface area contributed by atoms with Gasteiger partial charge in [0, 0.05) is 6.04 Å². The van der Waals surface area contributed by atoms with E-state index in [1.807, 2.05) is 58.9 Å². The maximum Gasteiger partial charge on any atom is 0.230 e. The van der Waals surface area contributed by atoms with Crippen LogP contribution in [0.1, 0.15) is 38.8 Å². The van der Waals surface area contributed by atoms with Gasteiger partial charge in [0.25, 0.3) is 0 Å². The van der Waals surface area contributed by atoms with Crippen LogP contribution in [0.5, 0.6) is 0 Å². The predicted octanol–water partition coefficient (Wildman–Crippen LogP) is 2.80. The van der Waals surface area contributed by atoms with E-state index in [2.05, 4.69) is 5.32 Å². The summed E-state index contributed by atoms with van der Waals surface area (Å²) in [5.74, 6) is 0.0753. The summed E-state index contributed by atoms with van der Waals surface area (Å²) in [5.41, 5.74) is 1.79. The van der Waals surface area contributed by atoms with E-state index in [1.54, 1.807) is 0 Å². The van der Waals surface area contributed by atoms with Crippen molar-refractivity contribution in [2.24, 2.45) is 0 Å². The Bertz CT molecular complexity index is 363. The van der Waals surface area contributed by atoms with Gasteiger partial charge in [-0.2, -0.15) is 0 Å². The van der Waals surface area contributed by atoms with Crippen LogP contribution in [0, 0.1) is 6.92 Å². The van der Waals surface area contributed by atoms with E-state index in [4.69, 9.17) is 0 Å². The van der Waals surface area contributed by atoms with Gasteiger partial charge in [-0.1, -0.05) is 29.8 Å². The molecular formula is C14H21NO. The molecule has 0 aliphatic carbocycles. The van der Waals surface area contributed by atoms with Crippen molar-refractivity contribution in [2.75, 3.05) is 0 Å². The zero-order valence-electron chi connectivity index (χ0n) is 10.8. The highest BCUT2D eigenvalue weighted by Crippen LogP contribution is 2.23. The topological polar surface area (TPSA) is 29.1 Å². The first-order valence-corrected chi connectivity index (χ1v) is 5.72. The molecule has 0 fully saturated rings. The SMILES string of the molecule is Cc1ccc(C(C)(C)C(=O)NC(C)C)cc1. The van der Waals surface area contributed by atoms with Crippen LogP contribution in [0.2, 0.25) is 0 Å². The molecule has 0 aliphatic rings. The third-order valence-corrected chi connectivity index (χ3v) is 2.76. The minimum absolute atomic E-state index is 0.0753. The van der Waals surface area contributed by atoms with E-state index in [1.165, 1.54) is 5.56 Å². The molecule has 0 aliphatic heterocycles. The minimum Gasteiger partial charge on any atom is -0.353 e. The third kappa shape index (κ3) is 2.84. The van der Waals surface area contributed by atoms with Gasteiger partial charge in [-0.3, -0.25) is 4.79 Å². The van der Waals surface area contributed by atoms with Gasteiger partial charge < -0.3 is 5.32 Å². The standard InChI is InChI=1S/C14H21NO/c1-10(2)15-13(16)14(4,5)12-8-6-11(3)7-9-12/h6-10H,1-5H3,(H,15,16). The van der Waals surface area contributed by atoms with Crippen LogP contribution in [0.3, 0.4) is 0 Å². The maximum atomic E-state index is 12.0. The summed E-state index contributed by atoms with van der Waals surface area (Å²) in [6, 6.07) is 8.31. The highest BCUT2D eigenvalue weighted by molar-refractivity contribution is 5.87. The normalized spacial score (nSPS) is 11.6. The van der Waals surface area contributed by atoms with Crippen molar-refractivity contribution in [1.29, 1.82) is 0 Å². The number of hydrogen-bond acceptors (Lipinski definition) is 1. The fourth-order valence-corrected chi connectivity index (χ4v) is 1.54. The van der Waals surface area contributed by atoms with E-state index in [-0.39, 0.29) is 11.9 Å². The fourth-order valence-electron chi connectivity index (χ4n) is 1.54. The van der Waals surface area contributed by atoms with Gasteiger partial charge in [0.05, 0.1) is 5.41 Å². The molecule has 1 amide bonds. The lowest BCUT2D eigenvalue weighted by Gasteiger charge is -2.25. The highest BCUT2D eigenvalue weighted by Gasteiger charge is 2.29. The molecule has 1 rings (SSSR count). The van der Waals surface area contributed by atoms with Crippen LogP contribution in [-0.2, 0) is 10.2 Å². The Balaban J connectivity index is 2.92. The number of hydrogen-bond donors (Lipinski definition) is 1. The zero-order chi connectivity index (χ0) is 12.3. The summed E-state index contributed by atoms with van der Waals surface area (Å²) in [6.07, 6.45) is 0. The molecule has 1 aromatic carbocycles. The Morgan fingerprint density at radius 1 is 1.19 bits per heavy atom. The van der Waals surface area contributed by atoms with Gasteiger partial charge in [-0.05, 0) is 40.2 Å². The molecular weight excluding hydrogens is 198 g/mol. The number of amides is 1. The quantitative estimate of drug-likeness (QED) is 0.832. The van der Waals surface area contributed by atoms with Gasteiger partial charge in [0.15, 0.2) is 0 Å². The van der Waals surface area contributed by atoms with Crippen LogP contribution < -0.4 is 5.32 Å². The van der Waals surface area contributed by atoms with Gasteiger partial charge in [-0.15, -0.1) is 0 Å². The van der Waals surface area contributed by atoms with Crippen LogP contribution in [0.15, 0.2) is 24.3 Å². The second kappa shape index (κ2) is 4.69. The number of carbonyl (C=O) groups excluding carboxylic acids is 1. The summed E-state index contributed by atoms with van der Waals surface area (Å²) < 4.78 is 0. The minimum atomic E-state index is -0.474. The lowest BCUT2D eigenvalue weighted by molar-refractivity contribution is -0.126. The Morgan fingerprint density at radius 2 is 1.69 bits per heavy atom. The van der Waals surface area contributed by atoms with Crippen molar-refractivity contribution in [3.05, 3.63) is 35.4 Å². The molecule has 0 saturated heterocycles. The summed E-state index contributed by atoms with van der Waals surface area (Å²) in [4.78, 5) is 12.0. The lowest BCUT2D eigenvalue weighted by Crippen LogP contribution is -2.43. The Hall–Kier alpha value is -1.31. The molecule has 0 bridgehead atoms. The monoisotopic (exact) mass is 219 g/mol. The highest BCUT2D eigenvalue weighted by atomic mass is 16.2. The second-order valence-corrected chi connectivity index (χ2v) is 5.12. The largest absolute Gasteiger partial charge is 0.353 e. The van der Waals surface area contributed by atoms with E-state index in [9.17, 15) is 4.79 Å². The molecule has 88 valence electrons. The molecule has 2 nitrogen and oxygen atoms in total. The van der Waals surface area contributed by atoms with Crippen molar-refractivity contribution >= 4 is 5.91 Å². The van der Waals surface area contributed by atoms with Crippen LogP contribution in [0.25, 0.3) is 0 Å². The summed E-state index contributed by atoms with van der Waals surface area (Å²) in [6.45, 7) is 9.90. The lowest BCUT2D eigenvalue weighted by atomic mass is 9.83. The van der Waals surface area contributed by atoms with Crippen molar-refractivity contribution in [3.63, 3.8) is 0 Å². The molecule has 1 aromatic rings. The molecule has 0 spiro atoms. The van der Waals surface area contributed by atoms with Crippen molar-refractivity contribution in [3.8, 4) is 0 Å². The van der Waals surface area contributed by atoms with E-state index >= 15 is 0 Å². The maximum absolute atomic E-state index is 12.0. The molecule has 0 unspecified atom stereocenters. The second-order valence-electron chi connectivity index (χ2n) is 5.12. The van der Waals surface area contributed by atoms with E-state index < -0.39 is 5.41 Å². The summed E-state index contributed by atoms with van der Waals surface area (Å²) in [5, 5.41) is 2.96. The number of rotatable bonds is 3. The summed E-state index contributed by atoms with van der Waals surface area (Å²) in [7, 11) is 0. The average Bonchev–Trinajstić information content (AvgIpc) is 2.17. The molecule has 16 heavy (non-hydrogen) atoms. The first-order valence-electron chi connectivity index (χ1n) is 5.72. The van der Waals surface area contributed by atoms with Gasteiger partial charge in [-0.25, -0.2) is 0 Å². The average molecular weight is 219 g/mol. The number of aryl methyl sites for hydroxylation is 1. The first-order chi connectivity index (χ1) is 7.34. The van der Waals surface area contributed by atoms with Crippen molar-refractivity contribution in [2.45, 2.75) is 46.1 Å². The van der Waals surface area contributed by atoms with Gasteiger partial charge >= 0.3 is 0 Å². The predicted molar refractivity (Wildman–Crippen MR) is 67.5 cm³/mol. The fraction of sp³-hybridized carbons (Fsp3) is 0.500. The van der Waals surface area contributed by atoms with Crippen LogP contribution >= 0.6 is 0 Å². The molecule has 0 radical (unpaired) electrons. The van der Waals surface area contributed by atoms with Gasteiger partial charge in [0.2, 0.25) is 5.91 Å². The molecule has 0 atom stereocenters. The summed E-state index contributed by atoms with van der Waals surface area (Å²) >= 11 is 0. The number of benzene rings is 1.